The van der Waals surface area contributed by atoms with Gasteiger partial charge < -0.3 is 0 Å². The largest absolute Gasteiger partial charge is 0.223 e. The van der Waals surface area contributed by atoms with Gasteiger partial charge in [-0.3, -0.25) is 0 Å². The molecule has 6 heteroatoms. The van der Waals surface area contributed by atoms with E-state index in [9.17, 15) is 8.42 Å². The molecule has 96 valence electrons. The average molecular weight is 282 g/mol. The Kier molecular flexibility index (Phi) is 3.77. The Hall–Kier alpha value is -1.27. The summed E-state index contributed by atoms with van der Waals surface area (Å²) in [6.45, 7) is 3.67. The second-order valence-corrected chi connectivity index (χ2v) is 6.89. The van der Waals surface area contributed by atoms with E-state index in [1.165, 1.54) is 0 Å². The molecule has 2 rings (SSSR count). The summed E-state index contributed by atoms with van der Waals surface area (Å²) in [5.41, 5.74) is 1.62. The van der Waals surface area contributed by atoms with Gasteiger partial charge in [0.1, 0.15) is 5.25 Å². The minimum absolute atomic E-state index is 0.334. The molecule has 1 heterocycles. The van der Waals surface area contributed by atoms with Gasteiger partial charge in [0.25, 0.3) is 0 Å². The molecule has 0 aliphatic heterocycles. The number of hydrogen-bond acceptors (Lipinski definition) is 5. The molecular formula is C12H14N2O2S2. The highest BCUT2D eigenvalue weighted by molar-refractivity contribution is 7.91. The first-order chi connectivity index (χ1) is 8.55. The summed E-state index contributed by atoms with van der Waals surface area (Å²) in [7, 11) is -3.38. The second-order valence-electron chi connectivity index (χ2n) is 4.01. The van der Waals surface area contributed by atoms with Crippen LogP contribution in [0.2, 0.25) is 0 Å². The van der Waals surface area contributed by atoms with Gasteiger partial charge in [-0.25, -0.2) is 8.42 Å². The SMILES string of the molecule is CCc1ccc(S(=O)(=O)C(C)c2csnn2)cc1. The highest BCUT2D eigenvalue weighted by Gasteiger charge is 2.26. The zero-order chi connectivity index (χ0) is 13.2. The lowest BCUT2D eigenvalue weighted by atomic mass is 10.2. The quantitative estimate of drug-likeness (QED) is 0.865. The normalized spacial score (nSPS) is 13.4. The van der Waals surface area contributed by atoms with E-state index < -0.39 is 15.1 Å². The zero-order valence-electron chi connectivity index (χ0n) is 10.2. The van der Waals surface area contributed by atoms with Crippen molar-refractivity contribution in [2.75, 3.05) is 0 Å². The van der Waals surface area contributed by atoms with Crippen LogP contribution in [-0.4, -0.2) is 18.0 Å². The summed E-state index contributed by atoms with van der Waals surface area (Å²) in [4.78, 5) is 0.334. The van der Waals surface area contributed by atoms with Crippen molar-refractivity contribution < 1.29 is 8.42 Å². The molecule has 1 aromatic carbocycles. The average Bonchev–Trinajstić information content (AvgIpc) is 2.91. The van der Waals surface area contributed by atoms with Gasteiger partial charge in [-0.15, -0.1) is 5.10 Å². The van der Waals surface area contributed by atoms with Crippen molar-refractivity contribution in [1.29, 1.82) is 0 Å². The summed E-state index contributed by atoms with van der Waals surface area (Å²) in [5, 5.41) is 4.84. The lowest BCUT2D eigenvalue weighted by molar-refractivity contribution is 0.584. The van der Waals surface area contributed by atoms with Crippen LogP contribution in [0.15, 0.2) is 34.5 Å². The number of sulfone groups is 1. The zero-order valence-corrected chi connectivity index (χ0v) is 11.8. The smallest absolute Gasteiger partial charge is 0.186 e. The van der Waals surface area contributed by atoms with E-state index in [1.807, 2.05) is 19.1 Å². The molecule has 0 fully saturated rings. The standard InChI is InChI=1S/C12H14N2O2S2/c1-3-10-4-6-11(7-5-10)18(15,16)9(2)12-8-17-14-13-12/h4-9H,3H2,1-2H3. The van der Waals surface area contributed by atoms with Crippen molar-refractivity contribution in [3.8, 4) is 0 Å². The summed E-state index contributed by atoms with van der Waals surface area (Å²) in [6.07, 6.45) is 0.895. The number of hydrogen-bond donors (Lipinski definition) is 0. The van der Waals surface area contributed by atoms with Crippen molar-refractivity contribution in [2.24, 2.45) is 0 Å². The molecule has 1 atom stereocenters. The molecule has 0 saturated carbocycles. The maximum atomic E-state index is 12.4. The van der Waals surface area contributed by atoms with Crippen molar-refractivity contribution in [3.05, 3.63) is 40.9 Å². The third-order valence-corrected chi connectivity index (χ3v) is 5.54. The highest BCUT2D eigenvalue weighted by atomic mass is 32.2. The third kappa shape index (κ3) is 2.44. The summed E-state index contributed by atoms with van der Waals surface area (Å²) >= 11 is 1.16. The van der Waals surface area contributed by atoms with Gasteiger partial charge in [-0.1, -0.05) is 23.5 Å². The van der Waals surface area contributed by atoms with Gasteiger partial charge >= 0.3 is 0 Å². The van der Waals surface area contributed by atoms with Crippen molar-refractivity contribution in [2.45, 2.75) is 30.4 Å². The molecule has 1 aromatic heterocycles. The predicted octanol–water partition coefficient (Wildman–Crippen LogP) is 2.64. The molecule has 0 aliphatic rings. The van der Waals surface area contributed by atoms with Gasteiger partial charge in [0.05, 0.1) is 10.6 Å². The summed E-state index contributed by atoms with van der Waals surface area (Å²) in [5.74, 6) is 0. The van der Waals surface area contributed by atoms with Crippen LogP contribution >= 0.6 is 11.5 Å². The molecule has 0 aliphatic carbocycles. The van der Waals surface area contributed by atoms with E-state index in [-0.39, 0.29) is 0 Å². The molecule has 0 saturated heterocycles. The minimum atomic E-state index is -3.38. The maximum absolute atomic E-state index is 12.4. The van der Waals surface area contributed by atoms with Gasteiger partial charge in [-0.05, 0) is 42.6 Å². The van der Waals surface area contributed by atoms with Crippen LogP contribution in [0, 0.1) is 0 Å². The molecule has 0 amide bonds. The molecule has 18 heavy (non-hydrogen) atoms. The van der Waals surface area contributed by atoms with Gasteiger partial charge in [0, 0.05) is 5.38 Å². The van der Waals surface area contributed by atoms with Gasteiger partial charge in [0.2, 0.25) is 0 Å². The predicted molar refractivity (Wildman–Crippen MR) is 71.3 cm³/mol. The first-order valence-corrected chi connectivity index (χ1v) is 8.03. The number of aromatic nitrogens is 2. The fourth-order valence-corrected chi connectivity index (χ4v) is 3.62. The van der Waals surface area contributed by atoms with Crippen LogP contribution in [0.1, 0.15) is 30.4 Å². The second kappa shape index (κ2) is 5.16. The molecule has 0 spiro atoms. The van der Waals surface area contributed by atoms with Crippen LogP contribution in [0.25, 0.3) is 0 Å². The molecule has 4 nitrogen and oxygen atoms in total. The summed E-state index contributed by atoms with van der Waals surface area (Å²) < 4.78 is 28.4. The Balaban J connectivity index is 2.35. The number of aryl methyl sites for hydroxylation is 1. The first-order valence-electron chi connectivity index (χ1n) is 5.65. The number of rotatable bonds is 4. The monoisotopic (exact) mass is 282 g/mol. The van der Waals surface area contributed by atoms with E-state index in [0.717, 1.165) is 23.5 Å². The van der Waals surface area contributed by atoms with E-state index in [4.69, 9.17) is 0 Å². The van der Waals surface area contributed by atoms with Gasteiger partial charge in [0.15, 0.2) is 9.84 Å². The molecule has 0 bridgehead atoms. The van der Waals surface area contributed by atoms with E-state index in [2.05, 4.69) is 9.59 Å². The van der Waals surface area contributed by atoms with Crippen LogP contribution in [0.5, 0.6) is 0 Å². The third-order valence-electron chi connectivity index (χ3n) is 2.92. The Labute approximate surface area is 111 Å². The topological polar surface area (TPSA) is 59.9 Å². The molecule has 1 unspecified atom stereocenters. The van der Waals surface area contributed by atoms with E-state index >= 15 is 0 Å². The first kappa shape index (κ1) is 13.2. The van der Waals surface area contributed by atoms with Crippen molar-refractivity contribution in [3.63, 3.8) is 0 Å². The number of nitrogens with zero attached hydrogens (tertiary/aromatic N) is 2. The summed E-state index contributed by atoms with van der Waals surface area (Å²) in [6, 6.07) is 7.01. The Morgan fingerprint density at radius 1 is 1.28 bits per heavy atom. The van der Waals surface area contributed by atoms with Crippen molar-refractivity contribution in [1.82, 2.24) is 9.59 Å². The van der Waals surface area contributed by atoms with E-state index in [0.29, 0.717) is 10.6 Å². The lowest BCUT2D eigenvalue weighted by Gasteiger charge is -2.10. The molecule has 2 aromatic rings. The van der Waals surface area contributed by atoms with Crippen LogP contribution in [0.4, 0.5) is 0 Å². The molecular weight excluding hydrogens is 268 g/mol. The number of benzene rings is 1. The van der Waals surface area contributed by atoms with Crippen LogP contribution in [0.3, 0.4) is 0 Å². The highest BCUT2D eigenvalue weighted by Crippen LogP contribution is 2.27. The fourth-order valence-electron chi connectivity index (χ4n) is 1.63. The van der Waals surface area contributed by atoms with E-state index in [1.54, 1.807) is 24.4 Å². The Morgan fingerprint density at radius 2 is 1.94 bits per heavy atom. The fraction of sp³-hybridized carbons (Fsp3) is 0.333. The molecule has 0 radical (unpaired) electrons. The molecule has 0 N–H and O–H groups in total. The maximum Gasteiger partial charge on any atom is 0.186 e. The Bertz CT molecular complexity index is 604. The van der Waals surface area contributed by atoms with Gasteiger partial charge in [-0.2, -0.15) is 0 Å². The lowest BCUT2D eigenvalue weighted by Crippen LogP contribution is -2.11. The van der Waals surface area contributed by atoms with Crippen LogP contribution < -0.4 is 0 Å². The van der Waals surface area contributed by atoms with Crippen molar-refractivity contribution >= 4 is 21.4 Å². The van der Waals surface area contributed by atoms with Crippen LogP contribution in [-0.2, 0) is 16.3 Å². The Morgan fingerprint density at radius 3 is 2.44 bits per heavy atom. The minimum Gasteiger partial charge on any atom is -0.223 e.